The zero-order valence-electron chi connectivity index (χ0n) is 23.3. The maximum atomic E-state index is 13.8. The van der Waals surface area contributed by atoms with Crippen molar-refractivity contribution in [1.82, 2.24) is 9.55 Å². The van der Waals surface area contributed by atoms with Crippen LogP contribution < -0.4 is 15.7 Å². The van der Waals surface area contributed by atoms with E-state index in [0.29, 0.717) is 35.2 Å². The number of nitrogens with one attached hydrogen (secondary N) is 2. The third-order valence-corrected chi connectivity index (χ3v) is 7.27. The number of benzene rings is 3. The van der Waals surface area contributed by atoms with Crippen molar-refractivity contribution >= 4 is 39.1 Å². The molecule has 0 saturated carbocycles. The second-order valence-corrected chi connectivity index (χ2v) is 11.9. The molecule has 3 aromatic carbocycles. The lowest BCUT2D eigenvalue weighted by molar-refractivity contribution is -0.120. The van der Waals surface area contributed by atoms with Crippen LogP contribution in [-0.2, 0) is 9.53 Å². The van der Waals surface area contributed by atoms with Crippen LogP contribution in [0.4, 0.5) is 5.69 Å². The third kappa shape index (κ3) is 7.61. The SMILES string of the molecule is CC(c1ccccc1)C(C(=O)Nc1ccc(Br)cc1Cl)n1c(O)c(-c2ccc(OCCOC(C)(C)C)cc2)[nH]c1=O. The lowest BCUT2D eigenvalue weighted by atomic mass is 9.92. The summed E-state index contributed by atoms with van der Waals surface area (Å²) < 4.78 is 13.3. The number of amides is 1. The Kier molecular flexibility index (Phi) is 9.63. The van der Waals surface area contributed by atoms with Crippen LogP contribution in [0.15, 0.2) is 82.1 Å². The summed E-state index contributed by atoms with van der Waals surface area (Å²) in [7, 11) is 0. The van der Waals surface area contributed by atoms with E-state index in [0.717, 1.165) is 14.6 Å². The van der Waals surface area contributed by atoms with Crippen molar-refractivity contribution in [2.75, 3.05) is 18.5 Å². The molecule has 1 amide bonds. The van der Waals surface area contributed by atoms with Gasteiger partial charge in [0.1, 0.15) is 24.1 Å². The van der Waals surface area contributed by atoms with E-state index in [1.807, 2.05) is 58.0 Å². The number of nitrogens with zero attached hydrogens (tertiary/aromatic N) is 1. The van der Waals surface area contributed by atoms with E-state index >= 15 is 0 Å². The van der Waals surface area contributed by atoms with E-state index in [9.17, 15) is 14.7 Å². The first-order chi connectivity index (χ1) is 19.4. The molecule has 0 aliphatic heterocycles. The first kappa shape index (κ1) is 30.4. The quantitative estimate of drug-likeness (QED) is 0.160. The Morgan fingerprint density at radius 2 is 1.76 bits per heavy atom. The van der Waals surface area contributed by atoms with Crippen molar-refractivity contribution in [1.29, 1.82) is 0 Å². The Labute approximate surface area is 252 Å². The summed E-state index contributed by atoms with van der Waals surface area (Å²) in [6.45, 7) is 8.59. The molecular formula is C31H33BrClN3O5. The molecule has 0 saturated heterocycles. The molecular weight excluding hydrogens is 610 g/mol. The Hall–Kier alpha value is -3.53. The summed E-state index contributed by atoms with van der Waals surface area (Å²) in [4.78, 5) is 29.8. The van der Waals surface area contributed by atoms with Crippen molar-refractivity contribution < 1.29 is 19.4 Å². The topological polar surface area (TPSA) is 106 Å². The van der Waals surface area contributed by atoms with Crippen LogP contribution >= 0.6 is 27.5 Å². The molecule has 3 N–H and O–H groups in total. The van der Waals surface area contributed by atoms with Gasteiger partial charge in [-0.2, -0.15) is 0 Å². The summed E-state index contributed by atoms with van der Waals surface area (Å²) >= 11 is 9.71. The maximum Gasteiger partial charge on any atom is 0.329 e. The largest absolute Gasteiger partial charge is 0.493 e. The minimum Gasteiger partial charge on any atom is -0.493 e. The zero-order chi connectivity index (χ0) is 29.7. The Morgan fingerprint density at radius 3 is 2.39 bits per heavy atom. The van der Waals surface area contributed by atoms with Gasteiger partial charge in [-0.25, -0.2) is 9.36 Å². The van der Waals surface area contributed by atoms with Crippen LogP contribution in [0.2, 0.25) is 5.02 Å². The molecule has 1 aromatic heterocycles. The average molecular weight is 643 g/mol. The number of aromatic nitrogens is 2. The second-order valence-electron chi connectivity index (χ2n) is 10.6. The van der Waals surface area contributed by atoms with Crippen LogP contribution in [0, 0.1) is 0 Å². The highest BCUT2D eigenvalue weighted by molar-refractivity contribution is 9.10. The van der Waals surface area contributed by atoms with E-state index < -0.39 is 23.6 Å². The number of ether oxygens (including phenoxy) is 2. The first-order valence-corrected chi connectivity index (χ1v) is 14.3. The number of aromatic amines is 1. The fourth-order valence-electron chi connectivity index (χ4n) is 4.43. The third-order valence-electron chi connectivity index (χ3n) is 6.47. The van der Waals surface area contributed by atoms with Crippen LogP contribution in [-0.4, -0.2) is 39.4 Å². The zero-order valence-corrected chi connectivity index (χ0v) is 25.6. The molecule has 2 unspecified atom stereocenters. The van der Waals surface area contributed by atoms with Gasteiger partial charge in [-0.15, -0.1) is 0 Å². The molecule has 0 bridgehead atoms. The van der Waals surface area contributed by atoms with Crippen molar-refractivity contribution in [3.63, 3.8) is 0 Å². The molecule has 216 valence electrons. The molecule has 0 aliphatic rings. The van der Waals surface area contributed by atoms with E-state index in [2.05, 4.69) is 26.2 Å². The highest BCUT2D eigenvalue weighted by Gasteiger charge is 2.33. The molecule has 8 nitrogen and oxygen atoms in total. The lowest BCUT2D eigenvalue weighted by Crippen LogP contribution is -2.35. The minimum atomic E-state index is -1.10. The van der Waals surface area contributed by atoms with Crippen LogP contribution in [0.1, 0.15) is 45.2 Å². The van der Waals surface area contributed by atoms with Crippen molar-refractivity contribution in [2.45, 2.75) is 45.3 Å². The Bertz CT molecular complexity index is 1540. The van der Waals surface area contributed by atoms with Gasteiger partial charge in [0.2, 0.25) is 11.8 Å². The maximum absolute atomic E-state index is 13.8. The van der Waals surface area contributed by atoms with Crippen LogP contribution in [0.25, 0.3) is 11.3 Å². The molecule has 10 heteroatoms. The number of carbonyl (C=O) groups is 1. The number of aromatic hydroxyl groups is 1. The fraction of sp³-hybridized carbons (Fsp3) is 0.290. The van der Waals surface area contributed by atoms with Gasteiger partial charge in [0, 0.05) is 16.0 Å². The summed E-state index contributed by atoms with van der Waals surface area (Å²) in [5, 5.41) is 14.5. The number of carbonyl (C=O) groups excluding carboxylic acids is 1. The predicted octanol–water partition coefficient (Wildman–Crippen LogP) is 7.14. The molecule has 4 rings (SSSR count). The van der Waals surface area contributed by atoms with E-state index in [1.54, 1.807) is 42.5 Å². The number of imidazole rings is 1. The van der Waals surface area contributed by atoms with E-state index in [-0.39, 0.29) is 17.2 Å². The number of hydrogen-bond acceptors (Lipinski definition) is 5. The minimum absolute atomic E-state index is 0.192. The summed E-state index contributed by atoms with van der Waals surface area (Å²) in [6.07, 6.45) is 0. The molecule has 1 heterocycles. The second kappa shape index (κ2) is 13.0. The Balaban J connectivity index is 1.64. The fourth-order valence-corrected chi connectivity index (χ4v) is 5.15. The molecule has 0 aliphatic carbocycles. The van der Waals surface area contributed by atoms with Gasteiger partial charge in [-0.05, 0) is 68.8 Å². The number of halogens is 2. The standard InChI is InChI=1S/C31H33BrClN3O5/c1-19(20-8-6-5-7-9-20)27(28(37)34-25-15-12-22(32)18-24(25)33)36-29(38)26(35-30(36)39)21-10-13-23(14-11-21)40-16-17-41-31(2,3)4/h5-15,18-19,27,38H,16-17H2,1-4H3,(H,34,37)(H,35,39). The number of H-pyrrole nitrogens is 1. The van der Waals surface area contributed by atoms with Crippen molar-refractivity contribution in [3.8, 4) is 22.9 Å². The lowest BCUT2D eigenvalue weighted by Gasteiger charge is -2.25. The monoisotopic (exact) mass is 641 g/mol. The van der Waals surface area contributed by atoms with Gasteiger partial charge >= 0.3 is 5.69 Å². The molecule has 0 spiro atoms. The average Bonchev–Trinajstić information content (AvgIpc) is 3.22. The normalized spacial score (nSPS) is 13.0. The number of rotatable bonds is 10. The molecule has 0 fully saturated rings. The summed E-state index contributed by atoms with van der Waals surface area (Å²) in [6, 6.07) is 20.3. The molecule has 4 aromatic rings. The van der Waals surface area contributed by atoms with Crippen LogP contribution in [0.5, 0.6) is 11.6 Å². The van der Waals surface area contributed by atoms with Gasteiger partial charge < -0.3 is 24.9 Å². The highest BCUT2D eigenvalue weighted by atomic mass is 79.9. The van der Waals surface area contributed by atoms with Gasteiger partial charge in [-0.3, -0.25) is 4.79 Å². The van der Waals surface area contributed by atoms with Crippen LogP contribution in [0.3, 0.4) is 0 Å². The smallest absolute Gasteiger partial charge is 0.329 e. The van der Waals surface area contributed by atoms with Gasteiger partial charge in [0.15, 0.2) is 0 Å². The highest BCUT2D eigenvalue weighted by Crippen LogP contribution is 2.36. The van der Waals surface area contributed by atoms with Crippen molar-refractivity contribution in [2.24, 2.45) is 0 Å². The first-order valence-electron chi connectivity index (χ1n) is 13.2. The van der Waals surface area contributed by atoms with Gasteiger partial charge in [0.25, 0.3) is 0 Å². The molecule has 0 radical (unpaired) electrons. The molecule has 41 heavy (non-hydrogen) atoms. The summed E-state index contributed by atoms with van der Waals surface area (Å²) in [5.74, 6) is -0.723. The van der Waals surface area contributed by atoms with Gasteiger partial charge in [-0.1, -0.05) is 64.8 Å². The summed E-state index contributed by atoms with van der Waals surface area (Å²) in [5.41, 5.74) is 1.08. The molecule has 2 atom stereocenters. The predicted molar refractivity (Wildman–Crippen MR) is 165 cm³/mol. The van der Waals surface area contributed by atoms with E-state index in [4.69, 9.17) is 21.1 Å². The number of anilines is 1. The van der Waals surface area contributed by atoms with Crippen molar-refractivity contribution in [3.05, 3.63) is 98.3 Å². The van der Waals surface area contributed by atoms with Gasteiger partial charge in [0.05, 0.1) is 22.9 Å². The Morgan fingerprint density at radius 1 is 1.07 bits per heavy atom. The van der Waals surface area contributed by atoms with E-state index in [1.165, 1.54) is 0 Å². The number of hydrogen-bond donors (Lipinski definition) is 3.